The lowest BCUT2D eigenvalue weighted by molar-refractivity contribution is 1.07. The molecule has 0 aliphatic heterocycles. The third-order valence-electron chi connectivity index (χ3n) is 13.6. The summed E-state index contributed by atoms with van der Waals surface area (Å²) in [5.74, 6) is 2.47. The molecule has 0 saturated heterocycles. The minimum absolute atomic E-state index is 0.587. The van der Waals surface area contributed by atoms with Crippen LogP contribution in [0.2, 0.25) is 0 Å². The molecule has 0 atom stereocenters. The number of hydrogen-bond donors (Lipinski definition) is 0. The zero-order chi connectivity index (χ0) is 44.4. The summed E-state index contributed by atoms with van der Waals surface area (Å²) in [5.41, 5.74) is 22.3. The van der Waals surface area contributed by atoms with Crippen molar-refractivity contribution >= 4 is 21.8 Å². The van der Waals surface area contributed by atoms with Crippen LogP contribution in [0.5, 0.6) is 0 Å². The summed E-state index contributed by atoms with van der Waals surface area (Å²) in [7, 11) is 0. The number of aryl methyl sites for hydroxylation is 5. The van der Waals surface area contributed by atoms with Crippen LogP contribution in [0.4, 0.5) is 0 Å². The van der Waals surface area contributed by atoms with Gasteiger partial charge in [-0.15, -0.1) is 0 Å². The van der Waals surface area contributed by atoms with Crippen LogP contribution >= 0.6 is 0 Å². The molecule has 0 fully saturated rings. The monoisotopic (exact) mass is 830 g/mol. The minimum Gasteiger partial charge on any atom is -0.308 e. The third kappa shape index (κ3) is 6.69. The van der Waals surface area contributed by atoms with Gasteiger partial charge in [-0.1, -0.05) is 121 Å². The Morgan fingerprint density at radius 2 is 0.672 bits per heavy atom. The first-order valence-electron chi connectivity index (χ1n) is 22.0. The molecule has 3 heterocycles. The maximum absolute atomic E-state index is 5.50. The van der Waals surface area contributed by atoms with E-state index < -0.39 is 0 Å². The quantitative estimate of drug-likeness (QED) is 0.160. The van der Waals surface area contributed by atoms with Gasteiger partial charge in [0.1, 0.15) is 0 Å². The predicted octanol–water partition coefficient (Wildman–Crippen LogP) is 14.5. The largest absolute Gasteiger partial charge is 0.308 e. The Labute approximate surface area is 375 Å². The summed E-state index contributed by atoms with van der Waals surface area (Å²) < 4.78 is 2.56. The van der Waals surface area contributed by atoms with Gasteiger partial charge >= 0.3 is 0 Å². The number of nitrogens with zero attached hydrogens (tertiary/aromatic N) is 6. The van der Waals surface area contributed by atoms with E-state index in [-0.39, 0.29) is 0 Å². The van der Waals surface area contributed by atoms with Crippen molar-refractivity contribution in [1.82, 2.24) is 29.5 Å². The highest BCUT2D eigenvalue weighted by atomic mass is 15.0. The van der Waals surface area contributed by atoms with Gasteiger partial charge in [0.15, 0.2) is 23.3 Å². The second-order valence-electron chi connectivity index (χ2n) is 17.2. The van der Waals surface area contributed by atoms with Gasteiger partial charge in [-0.2, -0.15) is 0 Å². The van der Waals surface area contributed by atoms with Crippen LogP contribution in [0.15, 0.2) is 140 Å². The summed E-state index contributed by atoms with van der Waals surface area (Å²) in [4.78, 5) is 26.2. The average Bonchev–Trinajstić information content (AvgIpc) is 3.70. The Morgan fingerprint density at radius 1 is 0.312 bits per heavy atom. The Balaban J connectivity index is 1.37. The fourth-order valence-corrected chi connectivity index (χ4v) is 9.49. The van der Waals surface area contributed by atoms with Crippen LogP contribution < -0.4 is 0 Å². The Morgan fingerprint density at radius 3 is 1.11 bits per heavy atom. The van der Waals surface area contributed by atoms with Crippen LogP contribution in [0.25, 0.3) is 95.6 Å². The van der Waals surface area contributed by atoms with Crippen LogP contribution in [-0.4, -0.2) is 29.5 Å². The van der Waals surface area contributed by atoms with Gasteiger partial charge in [-0.25, -0.2) is 24.9 Å². The van der Waals surface area contributed by atoms with Crippen LogP contribution in [0, 0.1) is 62.3 Å². The molecule has 312 valence electrons. The van der Waals surface area contributed by atoms with Crippen molar-refractivity contribution in [2.75, 3.05) is 0 Å². The van der Waals surface area contributed by atoms with E-state index in [1.165, 1.54) is 66.3 Å². The second-order valence-corrected chi connectivity index (χ2v) is 17.2. The van der Waals surface area contributed by atoms with Crippen molar-refractivity contribution in [3.05, 3.63) is 190 Å². The highest BCUT2D eigenvalue weighted by Crippen LogP contribution is 2.46. The Bertz CT molecular complexity index is 3250. The first kappa shape index (κ1) is 40.5. The van der Waals surface area contributed by atoms with E-state index in [0.29, 0.717) is 23.3 Å². The lowest BCUT2D eigenvalue weighted by Gasteiger charge is -2.22. The van der Waals surface area contributed by atoms with E-state index in [4.69, 9.17) is 24.9 Å². The molecule has 10 rings (SSSR count). The fourth-order valence-electron chi connectivity index (χ4n) is 9.49. The molecular formula is C58H50N6. The minimum atomic E-state index is 0.587. The third-order valence-corrected chi connectivity index (χ3v) is 13.6. The van der Waals surface area contributed by atoms with Gasteiger partial charge in [0.25, 0.3) is 0 Å². The molecule has 0 radical (unpaired) electrons. The summed E-state index contributed by atoms with van der Waals surface area (Å²) in [6.07, 6.45) is 0. The lowest BCUT2D eigenvalue weighted by Crippen LogP contribution is -2.07. The molecule has 0 aliphatic carbocycles. The SMILES string of the molecule is Cc1cc(-c2nc(-c3ccccc3)nc(-c3ccccc3)n2)cc(-c2cc(-c3ccccc3)nc(-c3ccccc3)n2)c1-n1c2c(C)c(C)c(C)c(C)c2c2c(C)c(C)c(C)c(C)c21. The zero-order valence-corrected chi connectivity index (χ0v) is 38.0. The topological polar surface area (TPSA) is 69.4 Å². The molecule has 0 spiro atoms. The van der Waals surface area contributed by atoms with Crippen LogP contribution in [-0.2, 0) is 0 Å². The van der Waals surface area contributed by atoms with E-state index in [1.807, 2.05) is 60.7 Å². The first-order chi connectivity index (χ1) is 31.0. The standard InChI is InChI=1S/C58H50N6/c1-33-30-46(58-62-56(44-26-18-12-19-27-44)61-57(63-58)45-28-20-13-21-29-45)31-47(49-32-48(42-22-14-10-15-23-42)59-55(60-49)43-24-16-11-17-25-43)52(33)64-53-40(8)36(4)34(2)38(6)50(53)51-39(7)35(3)37(5)41(9)54(51)64/h10-32H,1-9H3. The van der Waals surface area contributed by atoms with Crippen molar-refractivity contribution in [2.24, 2.45) is 0 Å². The molecule has 10 aromatic rings. The van der Waals surface area contributed by atoms with Gasteiger partial charge in [-0.05, 0) is 131 Å². The maximum Gasteiger partial charge on any atom is 0.164 e. The molecule has 3 aromatic heterocycles. The number of benzene rings is 7. The summed E-state index contributed by atoms with van der Waals surface area (Å²) >= 11 is 0. The van der Waals surface area contributed by atoms with Gasteiger partial charge in [-0.3, -0.25) is 0 Å². The van der Waals surface area contributed by atoms with Gasteiger partial charge in [0, 0.05) is 44.2 Å². The van der Waals surface area contributed by atoms with E-state index >= 15 is 0 Å². The predicted molar refractivity (Wildman–Crippen MR) is 265 cm³/mol. The lowest BCUT2D eigenvalue weighted by atomic mass is 9.90. The zero-order valence-electron chi connectivity index (χ0n) is 38.0. The smallest absolute Gasteiger partial charge is 0.164 e. The number of hydrogen-bond acceptors (Lipinski definition) is 5. The molecule has 6 nitrogen and oxygen atoms in total. The van der Waals surface area contributed by atoms with Crippen molar-refractivity contribution in [2.45, 2.75) is 62.3 Å². The molecule has 0 aliphatic rings. The molecular weight excluding hydrogens is 781 g/mol. The number of aromatic nitrogens is 6. The molecule has 0 unspecified atom stereocenters. The van der Waals surface area contributed by atoms with Gasteiger partial charge in [0.05, 0.1) is 28.1 Å². The normalized spacial score (nSPS) is 11.5. The van der Waals surface area contributed by atoms with E-state index in [0.717, 1.165) is 56.0 Å². The number of rotatable bonds is 7. The summed E-state index contributed by atoms with van der Waals surface area (Å²) in [6.45, 7) is 20.5. The Hall–Kier alpha value is -7.57. The molecule has 0 saturated carbocycles. The molecule has 6 heteroatoms. The van der Waals surface area contributed by atoms with Crippen LogP contribution in [0.1, 0.15) is 50.1 Å². The van der Waals surface area contributed by atoms with Gasteiger partial charge < -0.3 is 4.57 Å². The second kappa shape index (κ2) is 16.0. The first-order valence-corrected chi connectivity index (χ1v) is 22.0. The Kier molecular flexibility index (Phi) is 10.1. The summed E-state index contributed by atoms with van der Waals surface area (Å²) in [5, 5.41) is 2.62. The number of fused-ring (bicyclic) bond motifs is 3. The fraction of sp³-hybridized carbons (Fsp3) is 0.155. The van der Waals surface area contributed by atoms with E-state index in [2.05, 4.69) is 146 Å². The highest BCUT2D eigenvalue weighted by molar-refractivity contribution is 6.16. The highest BCUT2D eigenvalue weighted by Gasteiger charge is 2.28. The van der Waals surface area contributed by atoms with E-state index in [1.54, 1.807) is 0 Å². The summed E-state index contributed by atoms with van der Waals surface area (Å²) in [6, 6.07) is 47.6. The van der Waals surface area contributed by atoms with Crippen molar-refractivity contribution < 1.29 is 0 Å². The van der Waals surface area contributed by atoms with Crippen molar-refractivity contribution in [3.8, 4) is 73.8 Å². The average molecular weight is 831 g/mol. The molecule has 0 bridgehead atoms. The molecule has 0 amide bonds. The van der Waals surface area contributed by atoms with Crippen molar-refractivity contribution in [3.63, 3.8) is 0 Å². The molecule has 0 N–H and O–H groups in total. The molecule has 64 heavy (non-hydrogen) atoms. The van der Waals surface area contributed by atoms with Crippen molar-refractivity contribution in [1.29, 1.82) is 0 Å². The van der Waals surface area contributed by atoms with E-state index in [9.17, 15) is 0 Å². The van der Waals surface area contributed by atoms with Gasteiger partial charge in [0.2, 0.25) is 0 Å². The molecule has 7 aromatic carbocycles. The maximum atomic E-state index is 5.50. The van der Waals surface area contributed by atoms with Crippen LogP contribution in [0.3, 0.4) is 0 Å².